The number of nitrogens with two attached hydrogens (primary N) is 1. The predicted molar refractivity (Wildman–Crippen MR) is 74.7 cm³/mol. The second-order valence-electron chi connectivity index (χ2n) is 3.86. The van der Waals surface area contributed by atoms with Crippen LogP contribution in [0.1, 0.15) is 5.56 Å². The van der Waals surface area contributed by atoms with Gasteiger partial charge in [-0.05, 0) is 24.3 Å². The molecule has 18 heavy (non-hydrogen) atoms. The van der Waals surface area contributed by atoms with Crippen LogP contribution in [0.4, 0.5) is 10.5 Å². The van der Waals surface area contributed by atoms with Crippen LogP contribution in [0.15, 0.2) is 59.5 Å². The van der Waals surface area contributed by atoms with E-state index < -0.39 is 16.2 Å². The van der Waals surface area contributed by atoms with Crippen LogP contribution in [0.3, 0.4) is 0 Å². The van der Waals surface area contributed by atoms with E-state index in [0.29, 0.717) is 11.4 Å². The molecule has 0 saturated heterocycles. The summed E-state index contributed by atoms with van der Waals surface area (Å²) < 4.78 is 0. The molecule has 1 atom stereocenters. The summed E-state index contributed by atoms with van der Waals surface area (Å²) in [5.74, 6) is 0.514. The monoisotopic (exact) mass is 260 g/mol. The molecule has 0 spiro atoms. The zero-order valence-corrected chi connectivity index (χ0v) is 10.6. The zero-order valence-electron chi connectivity index (χ0n) is 9.74. The lowest BCUT2D eigenvalue weighted by Crippen LogP contribution is -2.15. The van der Waals surface area contributed by atoms with Gasteiger partial charge in [-0.15, -0.1) is 0 Å². The Balaban J connectivity index is 2.24. The van der Waals surface area contributed by atoms with E-state index in [2.05, 4.69) is 0 Å². The largest absolute Gasteiger partial charge is 0.529 e. The van der Waals surface area contributed by atoms with Crippen LogP contribution in [-0.4, -0.2) is 10.4 Å². The molecule has 4 heteroatoms. The highest BCUT2D eigenvalue weighted by molar-refractivity contribution is 8.09. The third kappa shape index (κ3) is 3.05. The van der Waals surface area contributed by atoms with Crippen molar-refractivity contribution in [1.29, 1.82) is 0 Å². The topological polar surface area (TPSA) is 63.3 Å². The molecule has 0 radical (unpaired) electrons. The summed E-state index contributed by atoms with van der Waals surface area (Å²) in [5, 5.41) is 8.55. The Hall–Kier alpha value is -1.94. The van der Waals surface area contributed by atoms with Crippen LogP contribution < -0.4 is 5.73 Å². The van der Waals surface area contributed by atoms with E-state index >= 15 is 0 Å². The molecular formula is C14H14NO2S+. The van der Waals surface area contributed by atoms with Crippen LogP contribution in [0.25, 0.3) is 0 Å². The van der Waals surface area contributed by atoms with Crippen molar-refractivity contribution in [2.24, 2.45) is 0 Å². The summed E-state index contributed by atoms with van der Waals surface area (Å²) in [6.07, 6.45) is 0. The molecule has 1 unspecified atom stereocenters. The van der Waals surface area contributed by atoms with Gasteiger partial charge in [0.2, 0.25) is 0 Å². The highest BCUT2D eigenvalue weighted by atomic mass is 32.2. The molecule has 2 aromatic rings. The molecule has 0 aliphatic heterocycles. The van der Waals surface area contributed by atoms with Crippen LogP contribution in [0.5, 0.6) is 0 Å². The van der Waals surface area contributed by atoms with Gasteiger partial charge in [0.15, 0.2) is 10.6 Å². The van der Waals surface area contributed by atoms with Gasteiger partial charge in [-0.3, -0.25) is 0 Å². The summed E-state index contributed by atoms with van der Waals surface area (Å²) >= 11 is 0. The van der Waals surface area contributed by atoms with E-state index in [9.17, 15) is 9.90 Å². The lowest BCUT2D eigenvalue weighted by atomic mass is 10.2. The smallest absolute Gasteiger partial charge is 0.441 e. The molecule has 3 nitrogen and oxygen atoms in total. The first-order chi connectivity index (χ1) is 8.66. The van der Waals surface area contributed by atoms with E-state index in [0.717, 1.165) is 10.5 Å². The van der Waals surface area contributed by atoms with E-state index in [1.54, 1.807) is 24.3 Å². The zero-order chi connectivity index (χ0) is 13.0. The van der Waals surface area contributed by atoms with Crippen LogP contribution in [0, 0.1) is 0 Å². The number of carboxylic acid groups (broad SMARTS) is 1. The second kappa shape index (κ2) is 5.60. The normalized spacial score (nSPS) is 12.0. The van der Waals surface area contributed by atoms with E-state index in [4.69, 9.17) is 5.73 Å². The van der Waals surface area contributed by atoms with Gasteiger partial charge in [-0.1, -0.05) is 30.3 Å². The van der Waals surface area contributed by atoms with Crippen molar-refractivity contribution in [2.45, 2.75) is 10.6 Å². The minimum atomic E-state index is -0.838. The van der Waals surface area contributed by atoms with Crippen molar-refractivity contribution in [3.8, 4) is 0 Å². The number of hydrogen-bond acceptors (Lipinski definition) is 2. The first kappa shape index (κ1) is 12.5. The Bertz CT molecular complexity index is 525. The third-order valence-electron chi connectivity index (χ3n) is 2.53. The van der Waals surface area contributed by atoms with Gasteiger partial charge >= 0.3 is 5.30 Å². The molecular weight excluding hydrogens is 246 g/mol. The number of benzene rings is 2. The molecule has 92 valence electrons. The molecule has 2 rings (SSSR count). The van der Waals surface area contributed by atoms with Gasteiger partial charge in [-0.2, -0.15) is 4.79 Å². The van der Waals surface area contributed by atoms with Gasteiger partial charge < -0.3 is 10.8 Å². The molecule has 0 aliphatic rings. The Morgan fingerprint density at radius 3 is 2.22 bits per heavy atom. The molecule has 2 aromatic carbocycles. The minimum Gasteiger partial charge on any atom is -0.441 e. The van der Waals surface area contributed by atoms with Gasteiger partial charge in [0.1, 0.15) is 10.9 Å². The first-order valence-electron chi connectivity index (χ1n) is 5.50. The summed E-state index contributed by atoms with van der Waals surface area (Å²) in [6.45, 7) is 0. The van der Waals surface area contributed by atoms with Crippen LogP contribution >= 0.6 is 0 Å². The van der Waals surface area contributed by atoms with Gasteiger partial charge in [0.05, 0.1) is 0 Å². The average molecular weight is 260 g/mol. The van der Waals surface area contributed by atoms with Gasteiger partial charge in [0, 0.05) is 11.3 Å². The van der Waals surface area contributed by atoms with Crippen LogP contribution in [-0.2, 0) is 16.6 Å². The Morgan fingerprint density at radius 2 is 1.67 bits per heavy atom. The molecule has 0 amide bonds. The van der Waals surface area contributed by atoms with E-state index in [-0.39, 0.29) is 0 Å². The van der Waals surface area contributed by atoms with Crippen LogP contribution in [0.2, 0.25) is 0 Å². The maximum atomic E-state index is 11.4. The highest BCUT2D eigenvalue weighted by Gasteiger charge is 2.32. The Kier molecular flexibility index (Phi) is 3.89. The standard InChI is InChI=1S/C14H13NO2S/c15-12-6-8-13(9-7-12)18(14(16)17)10-11-4-2-1-3-5-11/h1-9H,10,15H2/p+1. The molecule has 0 heterocycles. The van der Waals surface area contributed by atoms with Crippen molar-refractivity contribution in [3.63, 3.8) is 0 Å². The molecule has 0 bridgehead atoms. The van der Waals surface area contributed by atoms with Gasteiger partial charge in [0.25, 0.3) is 0 Å². The summed E-state index contributed by atoms with van der Waals surface area (Å²) in [7, 11) is -0.838. The highest BCUT2D eigenvalue weighted by Crippen LogP contribution is 2.21. The average Bonchev–Trinajstić information content (AvgIpc) is 2.38. The maximum absolute atomic E-state index is 11.4. The predicted octanol–water partition coefficient (Wildman–Crippen LogP) is 3.12. The lowest BCUT2D eigenvalue weighted by Gasteiger charge is -2.03. The molecule has 0 aliphatic carbocycles. The number of carbonyl (C=O) groups is 1. The fourth-order valence-electron chi connectivity index (χ4n) is 1.62. The number of anilines is 1. The van der Waals surface area contributed by atoms with E-state index in [1.807, 2.05) is 30.3 Å². The molecule has 0 fully saturated rings. The first-order valence-corrected chi connectivity index (χ1v) is 6.89. The molecule has 3 N–H and O–H groups in total. The van der Waals surface area contributed by atoms with Gasteiger partial charge in [-0.25, -0.2) is 0 Å². The maximum Gasteiger partial charge on any atom is 0.529 e. The molecule has 0 saturated carbocycles. The Morgan fingerprint density at radius 1 is 1.06 bits per heavy atom. The van der Waals surface area contributed by atoms with Crippen molar-refractivity contribution in [3.05, 3.63) is 60.2 Å². The fraction of sp³-hybridized carbons (Fsp3) is 0.0714. The second-order valence-corrected chi connectivity index (χ2v) is 5.75. The van der Waals surface area contributed by atoms with Crippen molar-refractivity contribution >= 4 is 21.9 Å². The molecule has 0 aromatic heterocycles. The summed E-state index contributed by atoms with van der Waals surface area (Å²) in [4.78, 5) is 12.2. The minimum absolute atomic E-state index is 0.514. The van der Waals surface area contributed by atoms with Crippen molar-refractivity contribution in [2.75, 3.05) is 5.73 Å². The van der Waals surface area contributed by atoms with Crippen molar-refractivity contribution < 1.29 is 9.90 Å². The van der Waals surface area contributed by atoms with Crippen molar-refractivity contribution in [1.82, 2.24) is 0 Å². The SMILES string of the molecule is Nc1ccc([S+](Cc2ccccc2)C(=O)O)cc1. The quantitative estimate of drug-likeness (QED) is 0.658. The number of hydrogen-bond donors (Lipinski definition) is 2. The Labute approximate surface area is 109 Å². The number of rotatable bonds is 3. The number of nitrogen functional groups attached to an aromatic ring is 1. The lowest BCUT2D eigenvalue weighted by molar-refractivity contribution is 0.221. The summed E-state index contributed by atoms with van der Waals surface area (Å²) in [5.41, 5.74) is 7.28. The summed E-state index contributed by atoms with van der Waals surface area (Å²) in [6, 6.07) is 16.7. The van der Waals surface area contributed by atoms with E-state index in [1.165, 1.54) is 0 Å². The fourth-order valence-corrected chi connectivity index (χ4v) is 3.10. The third-order valence-corrected chi connectivity index (χ3v) is 4.41.